The normalized spacial score (nSPS) is 15.9. The second-order valence-corrected chi connectivity index (χ2v) is 8.70. The minimum Gasteiger partial charge on any atom is -0.467 e. The van der Waals surface area contributed by atoms with E-state index in [0.717, 1.165) is 30.1 Å². The third-order valence-electron chi connectivity index (χ3n) is 5.25. The first kappa shape index (κ1) is 19.8. The number of amides is 1. The minimum atomic E-state index is -0.296. The van der Waals surface area contributed by atoms with Gasteiger partial charge in [0.05, 0.1) is 23.7 Å². The number of para-hydroxylation sites is 1. The summed E-state index contributed by atoms with van der Waals surface area (Å²) in [5.74, 6) is 2.12. The van der Waals surface area contributed by atoms with Gasteiger partial charge in [-0.25, -0.2) is 9.67 Å². The summed E-state index contributed by atoms with van der Waals surface area (Å²) in [6.07, 6.45) is 7.67. The van der Waals surface area contributed by atoms with Crippen LogP contribution in [0, 0.1) is 0 Å². The Labute approximate surface area is 175 Å². The Hall–Kier alpha value is -2.54. The Morgan fingerprint density at radius 3 is 2.72 bits per heavy atom. The smallest absolute Gasteiger partial charge is 0.233 e. The van der Waals surface area contributed by atoms with Crippen LogP contribution < -0.4 is 5.32 Å². The average Bonchev–Trinajstić information content (AvgIpc) is 3.43. The Kier molecular flexibility index (Phi) is 6.34. The van der Waals surface area contributed by atoms with Crippen molar-refractivity contribution in [3.8, 4) is 5.69 Å². The Bertz CT molecular complexity index is 918. The van der Waals surface area contributed by atoms with Gasteiger partial charge in [-0.2, -0.15) is 0 Å². The van der Waals surface area contributed by atoms with Crippen LogP contribution in [0.3, 0.4) is 0 Å². The van der Waals surface area contributed by atoms with E-state index in [1.54, 1.807) is 6.26 Å². The van der Waals surface area contributed by atoms with Gasteiger partial charge in [0.1, 0.15) is 11.6 Å². The molecule has 0 bridgehead atoms. The lowest BCUT2D eigenvalue weighted by Crippen LogP contribution is -2.30. The van der Waals surface area contributed by atoms with Crippen LogP contribution in [-0.4, -0.2) is 25.9 Å². The van der Waals surface area contributed by atoms with Crippen LogP contribution in [0.15, 0.2) is 58.3 Å². The molecular formula is C22H26N4O2S. The van der Waals surface area contributed by atoms with Gasteiger partial charge >= 0.3 is 0 Å². The summed E-state index contributed by atoms with van der Waals surface area (Å²) in [5, 5.41) is 8.02. The SMILES string of the molecule is C[C@H](Sc1nc(C2CCCCC2)n(-c2ccccc2)n1)C(=O)NCc1ccco1. The van der Waals surface area contributed by atoms with Crippen molar-refractivity contribution in [2.24, 2.45) is 0 Å². The van der Waals surface area contributed by atoms with E-state index in [1.807, 2.05) is 41.9 Å². The molecule has 6 nitrogen and oxygen atoms in total. The molecule has 1 aromatic carbocycles. The molecule has 3 aromatic rings. The zero-order chi connectivity index (χ0) is 20.1. The molecule has 0 radical (unpaired) electrons. The van der Waals surface area contributed by atoms with Crippen molar-refractivity contribution in [3.05, 3.63) is 60.3 Å². The number of furan rings is 1. The largest absolute Gasteiger partial charge is 0.467 e. The fraction of sp³-hybridized carbons (Fsp3) is 0.409. The van der Waals surface area contributed by atoms with Crippen LogP contribution in [0.2, 0.25) is 0 Å². The number of carbonyl (C=O) groups is 1. The van der Waals surface area contributed by atoms with Gasteiger partial charge in [-0.3, -0.25) is 4.79 Å². The molecule has 4 rings (SSSR count). The fourth-order valence-electron chi connectivity index (χ4n) is 3.68. The average molecular weight is 411 g/mol. The fourth-order valence-corrected chi connectivity index (χ4v) is 4.46. The second-order valence-electron chi connectivity index (χ2n) is 7.39. The van der Waals surface area contributed by atoms with Crippen molar-refractivity contribution < 1.29 is 9.21 Å². The molecule has 2 heterocycles. The van der Waals surface area contributed by atoms with Gasteiger partial charge in [0.15, 0.2) is 0 Å². The van der Waals surface area contributed by atoms with Gasteiger partial charge in [-0.15, -0.1) is 5.10 Å². The topological polar surface area (TPSA) is 73.0 Å². The maximum atomic E-state index is 12.5. The molecule has 0 spiro atoms. The van der Waals surface area contributed by atoms with Crippen LogP contribution in [0.5, 0.6) is 0 Å². The second kappa shape index (κ2) is 9.31. The summed E-state index contributed by atoms with van der Waals surface area (Å²) < 4.78 is 7.23. The number of hydrogen-bond acceptors (Lipinski definition) is 5. The molecule has 1 saturated carbocycles. The third kappa shape index (κ3) is 4.90. The molecule has 29 heavy (non-hydrogen) atoms. The monoisotopic (exact) mass is 410 g/mol. The summed E-state index contributed by atoms with van der Waals surface area (Å²) >= 11 is 1.40. The van der Waals surface area contributed by atoms with Crippen LogP contribution in [-0.2, 0) is 11.3 Å². The van der Waals surface area contributed by atoms with E-state index < -0.39 is 0 Å². The highest BCUT2D eigenvalue weighted by atomic mass is 32.2. The van der Waals surface area contributed by atoms with E-state index in [9.17, 15) is 4.79 Å². The zero-order valence-corrected chi connectivity index (χ0v) is 17.4. The molecule has 7 heteroatoms. The van der Waals surface area contributed by atoms with E-state index in [2.05, 4.69) is 17.4 Å². The highest BCUT2D eigenvalue weighted by molar-refractivity contribution is 8.00. The van der Waals surface area contributed by atoms with Crippen LogP contribution in [0.25, 0.3) is 5.69 Å². The van der Waals surface area contributed by atoms with Crippen molar-refractivity contribution in [3.63, 3.8) is 0 Å². The lowest BCUT2D eigenvalue weighted by atomic mass is 9.88. The standard InChI is InChI=1S/C22H26N4O2S/c1-16(21(27)23-15-19-13-8-14-28-19)29-22-24-20(17-9-4-2-5-10-17)26(25-22)18-11-6-3-7-12-18/h3,6-8,11-14,16-17H,2,4-5,9-10,15H2,1H3,(H,23,27)/t16-/m0/s1. The zero-order valence-electron chi connectivity index (χ0n) is 16.6. The number of hydrogen-bond donors (Lipinski definition) is 1. The highest BCUT2D eigenvalue weighted by Gasteiger charge is 2.25. The number of nitrogens with zero attached hydrogens (tertiary/aromatic N) is 3. The number of rotatable bonds is 7. The number of thioether (sulfide) groups is 1. The van der Waals surface area contributed by atoms with Crippen molar-refractivity contribution in [1.29, 1.82) is 0 Å². The van der Waals surface area contributed by atoms with Crippen LogP contribution in [0.1, 0.15) is 56.5 Å². The number of nitrogens with one attached hydrogen (secondary N) is 1. The first-order valence-electron chi connectivity index (χ1n) is 10.2. The molecule has 2 aromatic heterocycles. The van der Waals surface area contributed by atoms with Gasteiger partial charge in [0.25, 0.3) is 0 Å². The van der Waals surface area contributed by atoms with Crippen molar-refractivity contribution in [1.82, 2.24) is 20.1 Å². The Morgan fingerprint density at radius 2 is 2.00 bits per heavy atom. The van der Waals surface area contributed by atoms with Crippen LogP contribution in [0.4, 0.5) is 0 Å². The van der Waals surface area contributed by atoms with E-state index in [-0.39, 0.29) is 11.2 Å². The molecule has 0 saturated heterocycles. The van der Waals surface area contributed by atoms with E-state index in [0.29, 0.717) is 17.6 Å². The Morgan fingerprint density at radius 1 is 1.21 bits per heavy atom. The maximum absolute atomic E-state index is 12.5. The van der Waals surface area contributed by atoms with Crippen molar-refractivity contribution in [2.45, 2.75) is 61.9 Å². The number of carbonyl (C=O) groups excluding carboxylic acids is 1. The summed E-state index contributed by atoms with van der Waals surface area (Å²) in [7, 11) is 0. The van der Waals surface area contributed by atoms with E-state index in [4.69, 9.17) is 14.5 Å². The van der Waals surface area contributed by atoms with E-state index >= 15 is 0 Å². The van der Waals surface area contributed by atoms with Crippen LogP contribution >= 0.6 is 11.8 Å². The predicted molar refractivity (Wildman–Crippen MR) is 113 cm³/mol. The first-order chi connectivity index (χ1) is 14.2. The minimum absolute atomic E-state index is 0.0540. The molecule has 152 valence electrons. The van der Waals surface area contributed by atoms with Gasteiger partial charge in [0, 0.05) is 5.92 Å². The lowest BCUT2D eigenvalue weighted by molar-refractivity contribution is -0.120. The molecule has 1 aliphatic rings. The Balaban J connectivity index is 1.49. The summed E-state index contributed by atoms with van der Waals surface area (Å²) in [5.41, 5.74) is 1.02. The molecule has 1 aliphatic carbocycles. The van der Waals surface area contributed by atoms with Gasteiger partial charge in [-0.05, 0) is 44.0 Å². The third-order valence-corrected chi connectivity index (χ3v) is 6.20. The molecular weight excluding hydrogens is 384 g/mol. The summed E-state index contributed by atoms with van der Waals surface area (Å²) in [4.78, 5) is 17.3. The summed E-state index contributed by atoms with van der Waals surface area (Å²) in [6.45, 7) is 2.27. The highest BCUT2D eigenvalue weighted by Crippen LogP contribution is 2.34. The quantitative estimate of drug-likeness (QED) is 0.571. The van der Waals surface area contributed by atoms with Gasteiger partial charge in [-0.1, -0.05) is 49.2 Å². The molecule has 1 amide bonds. The molecule has 1 fully saturated rings. The molecule has 1 N–H and O–H groups in total. The van der Waals surface area contributed by atoms with Crippen molar-refractivity contribution >= 4 is 17.7 Å². The van der Waals surface area contributed by atoms with Gasteiger partial charge in [0.2, 0.25) is 11.1 Å². The maximum Gasteiger partial charge on any atom is 0.233 e. The van der Waals surface area contributed by atoms with Crippen molar-refractivity contribution in [2.75, 3.05) is 0 Å². The van der Waals surface area contributed by atoms with E-state index in [1.165, 1.54) is 31.0 Å². The predicted octanol–water partition coefficient (Wildman–Crippen LogP) is 4.71. The molecule has 1 atom stereocenters. The molecule has 0 unspecified atom stereocenters. The molecule has 0 aliphatic heterocycles. The number of benzene rings is 1. The first-order valence-corrected chi connectivity index (χ1v) is 11.1. The lowest BCUT2D eigenvalue weighted by Gasteiger charge is -2.21. The van der Waals surface area contributed by atoms with Gasteiger partial charge < -0.3 is 9.73 Å². The number of aromatic nitrogens is 3. The summed E-state index contributed by atoms with van der Waals surface area (Å²) in [6, 6.07) is 13.8.